The first-order valence-electron chi connectivity index (χ1n) is 12.0. The molecule has 180 valence electrons. The Kier molecular flexibility index (Phi) is 5.49. The maximum absolute atomic E-state index is 13.1. The van der Waals surface area contributed by atoms with Gasteiger partial charge in [-0.2, -0.15) is 0 Å². The van der Waals surface area contributed by atoms with Gasteiger partial charge in [-0.1, -0.05) is 12.1 Å². The molecule has 1 fully saturated rings. The molecule has 1 saturated heterocycles. The highest BCUT2D eigenvalue weighted by Gasteiger charge is 2.40. The number of aromatic amines is 1. The minimum Gasteiger partial charge on any atom is -0.496 e. The first-order valence-corrected chi connectivity index (χ1v) is 12.0. The number of unbranched alkanes of at least 4 members (excludes halogenated alkanes) is 1. The lowest BCUT2D eigenvalue weighted by Crippen LogP contribution is -2.35. The van der Waals surface area contributed by atoms with Crippen LogP contribution in [-0.2, 0) is 6.54 Å². The van der Waals surface area contributed by atoms with E-state index < -0.39 is 5.69 Å². The number of nitrogens with zero attached hydrogens (tertiary/aromatic N) is 4. The van der Waals surface area contributed by atoms with Gasteiger partial charge in [-0.3, -0.25) is 9.36 Å². The fraction of sp³-hybridized carbons (Fsp3) is 0.385. The average Bonchev–Trinajstić information content (AvgIpc) is 3.31. The van der Waals surface area contributed by atoms with E-state index in [2.05, 4.69) is 19.9 Å². The molecule has 9 heteroatoms. The van der Waals surface area contributed by atoms with Gasteiger partial charge in [0.15, 0.2) is 0 Å². The van der Waals surface area contributed by atoms with E-state index in [9.17, 15) is 9.59 Å². The smallest absolute Gasteiger partial charge is 0.328 e. The molecular weight excluding hydrogens is 446 g/mol. The molecule has 0 spiro atoms. The molecule has 2 aliphatic heterocycles. The van der Waals surface area contributed by atoms with E-state index in [0.717, 1.165) is 56.0 Å². The minimum absolute atomic E-state index is 0.280. The van der Waals surface area contributed by atoms with Gasteiger partial charge in [0.1, 0.15) is 17.8 Å². The Balaban J connectivity index is 1.13. The summed E-state index contributed by atoms with van der Waals surface area (Å²) in [5.41, 5.74) is 1.55. The van der Waals surface area contributed by atoms with E-state index in [1.165, 1.54) is 16.5 Å². The summed E-state index contributed by atoms with van der Waals surface area (Å²) in [6.07, 6.45) is 4.72. The van der Waals surface area contributed by atoms with E-state index in [-0.39, 0.29) is 5.56 Å². The predicted octanol–water partition coefficient (Wildman–Crippen LogP) is 2.53. The number of nitrogens with one attached hydrogen (secondary N) is 1. The predicted molar refractivity (Wildman–Crippen MR) is 132 cm³/mol. The Morgan fingerprint density at radius 1 is 1.14 bits per heavy atom. The van der Waals surface area contributed by atoms with Crippen molar-refractivity contribution in [1.29, 1.82) is 0 Å². The molecule has 2 atom stereocenters. The van der Waals surface area contributed by atoms with Crippen LogP contribution >= 0.6 is 0 Å². The molecule has 2 aromatic heterocycles. The van der Waals surface area contributed by atoms with Crippen molar-refractivity contribution in [3.8, 4) is 11.5 Å². The summed E-state index contributed by atoms with van der Waals surface area (Å²) < 4.78 is 12.9. The van der Waals surface area contributed by atoms with Gasteiger partial charge in [0.05, 0.1) is 30.1 Å². The molecule has 35 heavy (non-hydrogen) atoms. The molecule has 2 aromatic carbocycles. The number of methoxy groups -OCH3 is 1. The first kappa shape index (κ1) is 21.8. The Bertz CT molecular complexity index is 1510. The SMILES string of the molecule is COc1cccc2c1[C@@H]1CN(CCCCn3c(=O)[nH]c4c(ccc5cncnc54)c3=O)C[C@H]1CO2. The van der Waals surface area contributed by atoms with Crippen LogP contribution in [0.3, 0.4) is 0 Å². The Labute approximate surface area is 201 Å². The van der Waals surface area contributed by atoms with Crippen molar-refractivity contribution in [1.82, 2.24) is 24.4 Å². The summed E-state index contributed by atoms with van der Waals surface area (Å²) in [5, 5.41) is 1.25. The number of fused-ring (bicyclic) bond motifs is 6. The number of H-pyrrole nitrogens is 1. The summed E-state index contributed by atoms with van der Waals surface area (Å²) in [4.78, 5) is 39.3. The lowest BCUT2D eigenvalue weighted by molar-refractivity contribution is 0.209. The number of hydrogen-bond acceptors (Lipinski definition) is 7. The molecule has 4 heterocycles. The fourth-order valence-electron chi connectivity index (χ4n) is 5.61. The van der Waals surface area contributed by atoms with Gasteiger partial charge in [-0.25, -0.2) is 14.8 Å². The normalized spacial score (nSPS) is 19.5. The molecule has 6 rings (SSSR count). The number of likely N-dealkylation sites (tertiary alicyclic amines) is 1. The second kappa shape index (κ2) is 8.81. The summed E-state index contributed by atoms with van der Waals surface area (Å²) in [5.74, 6) is 2.68. The molecular formula is C26H27N5O4. The van der Waals surface area contributed by atoms with Crippen molar-refractivity contribution in [2.24, 2.45) is 5.92 Å². The summed E-state index contributed by atoms with van der Waals surface area (Å²) in [6.45, 7) is 3.97. The minimum atomic E-state index is -0.401. The third kappa shape index (κ3) is 3.76. The van der Waals surface area contributed by atoms with E-state index in [4.69, 9.17) is 9.47 Å². The molecule has 9 nitrogen and oxygen atoms in total. The number of benzene rings is 2. The van der Waals surface area contributed by atoms with Crippen LogP contribution in [0.15, 0.2) is 52.4 Å². The molecule has 1 N–H and O–H groups in total. The van der Waals surface area contributed by atoms with Gasteiger partial charge in [0.25, 0.3) is 5.56 Å². The molecule has 4 aromatic rings. The lowest BCUT2D eigenvalue weighted by Gasteiger charge is -2.29. The zero-order chi connectivity index (χ0) is 23.9. The highest BCUT2D eigenvalue weighted by atomic mass is 16.5. The topological polar surface area (TPSA) is 102 Å². The van der Waals surface area contributed by atoms with Gasteiger partial charge < -0.3 is 19.4 Å². The van der Waals surface area contributed by atoms with Crippen LogP contribution in [0.1, 0.15) is 24.3 Å². The third-order valence-electron chi connectivity index (χ3n) is 7.32. The fourth-order valence-corrected chi connectivity index (χ4v) is 5.61. The monoisotopic (exact) mass is 473 g/mol. The molecule has 0 unspecified atom stereocenters. The highest BCUT2D eigenvalue weighted by molar-refractivity contribution is 6.01. The van der Waals surface area contributed by atoms with Crippen molar-refractivity contribution in [3.63, 3.8) is 0 Å². The second-order valence-corrected chi connectivity index (χ2v) is 9.35. The van der Waals surface area contributed by atoms with Crippen LogP contribution < -0.4 is 20.7 Å². The summed E-state index contributed by atoms with van der Waals surface area (Å²) in [6, 6.07) is 9.53. The van der Waals surface area contributed by atoms with Crippen molar-refractivity contribution in [3.05, 3.63) is 69.3 Å². The number of rotatable bonds is 6. The summed E-state index contributed by atoms with van der Waals surface area (Å²) >= 11 is 0. The van der Waals surface area contributed by atoms with Crippen LogP contribution in [0.25, 0.3) is 21.8 Å². The Morgan fingerprint density at radius 3 is 2.91 bits per heavy atom. The Hall–Kier alpha value is -3.72. The van der Waals surface area contributed by atoms with E-state index in [1.54, 1.807) is 19.4 Å². The zero-order valence-electron chi connectivity index (χ0n) is 19.6. The van der Waals surface area contributed by atoms with Crippen molar-refractivity contribution in [2.75, 3.05) is 33.4 Å². The first-order chi connectivity index (χ1) is 17.1. The number of hydrogen-bond donors (Lipinski definition) is 1. The van der Waals surface area contributed by atoms with Gasteiger partial charge in [0, 0.05) is 48.6 Å². The third-order valence-corrected chi connectivity index (χ3v) is 7.32. The van der Waals surface area contributed by atoms with Crippen molar-refractivity contribution < 1.29 is 9.47 Å². The van der Waals surface area contributed by atoms with Gasteiger partial charge >= 0.3 is 5.69 Å². The molecule has 0 radical (unpaired) electrons. The molecule has 0 aliphatic carbocycles. The second-order valence-electron chi connectivity index (χ2n) is 9.35. The van der Waals surface area contributed by atoms with Crippen LogP contribution in [0.5, 0.6) is 11.5 Å². The maximum Gasteiger partial charge on any atom is 0.328 e. The van der Waals surface area contributed by atoms with Gasteiger partial charge in [0.2, 0.25) is 0 Å². The molecule has 0 amide bonds. The lowest BCUT2D eigenvalue weighted by atomic mass is 9.86. The van der Waals surface area contributed by atoms with E-state index in [1.807, 2.05) is 24.3 Å². The quantitative estimate of drug-likeness (QED) is 0.339. The van der Waals surface area contributed by atoms with Crippen molar-refractivity contribution in [2.45, 2.75) is 25.3 Å². The van der Waals surface area contributed by atoms with Crippen LogP contribution in [0.4, 0.5) is 0 Å². The Morgan fingerprint density at radius 2 is 2.03 bits per heavy atom. The molecule has 2 aliphatic rings. The maximum atomic E-state index is 13.1. The zero-order valence-corrected chi connectivity index (χ0v) is 19.6. The molecule has 0 bridgehead atoms. The summed E-state index contributed by atoms with van der Waals surface area (Å²) in [7, 11) is 1.71. The molecule has 0 saturated carbocycles. The van der Waals surface area contributed by atoms with E-state index >= 15 is 0 Å². The van der Waals surface area contributed by atoms with Gasteiger partial charge in [-0.15, -0.1) is 0 Å². The van der Waals surface area contributed by atoms with Crippen molar-refractivity contribution >= 4 is 21.8 Å². The standard InChI is InChI=1S/C26H27N5O4/c1-34-20-5-4-6-21-22(20)19-13-30(12-17(19)14-35-21)9-2-3-10-31-25(32)18-8-7-16-11-27-15-28-23(16)24(18)29-26(31)33/h4-8,11,15,17,19H,2-3,9-10,12-14H2,1H3,(H,29,33)/t17-,19+/m0/s1. The number of aromatic nitrogens is 4. The highest BCUT2D eigenvalue weighted by Crippen LogP contribution is 2.46. The largest absolute Gasteiger partial charge is 0.496 e. The number of ether oxygens (including phenoxy) is 2. The average molecular weight is 474 g/mol. The van der Waals surface area contributed by atoms with Crippen LogP contribution in [0, 0.1) is 5.92 Å². The van der Waals surface area contributed by atoms with Crippen LogP contribution in [0.2, 0.25) is 0 Å². The van der Waals surface area contributed by atoms with Crippen LogP contribution in [-0.4, -0.2) is 57.8 Å². The van der Waals surface area contributed by atoms with E-state index in [0.29, 0.717) is 34.8 Å². The van der Waals surface area contributed by atoms with Gasteiger partial charge in [-0.05, 0) is 37.6 Å².